The van der Waals surface area contributed by atoms with E-state index in [-0.39, 0.29) is 23.0 Å². The average molecular weight is 244 g/mol. The van der Waals surface area contributed by atoms with Crippen molar-refractivity contribution in [1.29, 1.82) is 0 Å². The summed E-state index contributed by atoms with van der Waals surface area (Å²) in [6, 6.07) is 0. The van der Waals surface area contributed by atoms with Crippen LogP contribution in [-0.2, 0) is 9.47 Å². The number of carbonyl (C=O) groups is 2. The fraction of sp³-hybridized carbons (Fsp3) is 0.400. The van der Waals surface area contributed by atoms with Crippen LogP contribution >= 0.6 is 0 Å². The Hall–Kier alpha value is -2.18. The number of hydrogen-bond acceptors (Lipinski definition) is 7. The summed E-state index contributed by atoms with van der Waals surface area (Å²) in [6.45, 7) is 0. The fourth-order valence-corrected chi connectivity index (χ4v) is 1.23. The lowest BCUT2D eigenvalue weighted by Crippen LogP contribution is -2.02. The number of rotatable bonds is 4. The Kier molecular flexibility index (Phi) is 3.97. The zero-order valence-electron chi connectivity index (χ0n) is 9.86. The van der Waals surface area contributed by atoms with Crippen LogP contribution < -0.4 is 9.47 Å². The van der Waals surface area contributed by atoms with E-state index in [0.717, 1.165) is 0 Å². The van der Waals surface area contributed by atoms with Gasteiger partial charge in [0.15, 0.2) is 0 Å². The summed E-state index contributed by atoms with van der Waals surface area (Å²) in [6.07, 6.45) is 0. The van der Waals surface area contributed by atoms with Gasteiger partial charge in [-0.1, -0.05) is 0 Å². The molecular formula is C10H12O7. The van der Waals surface area contributed by atoms with Crippen molar-refractivity contribution < 1.29 is 33.0 Å². The van der Waals surface area contributed by atoms with Gasteiger partial charge in [0, 0.05) is 0 Å². The number of ether oxygens (including phenoxy) is 4. The van der Waals surface area contributed by atoms with E-state index in [9.17, 15) is 9.59 Å². The molecule has 17 heavy (non-hydrogen) atoms. The van der Waals surface area contributed by atoms with Gasteiger partial charge in [0.2, 0.25) is 11.5 Å². The first-order valence-electron chi connectivity index (χ1n) is 4.52. The molecule has 0 aliphatic heterocycles. The second-order valence-electron chi connectivity index (χ2n) is 2.81. The van der Waals surface area contributed by atoms with Crippen molar-refractivity contribution in [3.05, 3.63) is 11.5 Å². The van der Waals surface area contributed by atoms with Crippen LogP contribution in [0.25, 0.3) is 0 Å². The number of carbonyl (C=O) groups excluding carboxylic acids is 2. The molecule has 0 unspecified atom stereocenters. The molecular weight excluding hydrogens is 232 g/mol. The molecule has 0 aliphatic carbocycles. The highest BCUT2D eigenvalue weighted by Crippen LogP contribution is 2.38. The van der Waals surface area contributed by atoms with Crippen LogP contribution in [0.1, 0.15) is 21.1 Å². The van der Waals surface area contributed by atoms with Crippen LogP contribution in [0.15, 0.2) is 4.42 Å². The van der Waals surface area contributed by atoms with E-state index in [0.29, 0.717) is 0 Å². The molecule has 1 aromatic heterocycles. The molecule has 7 nitrogen and oxygen atoms in total. The third kappa shape index (κ3) is 2.17. The predicted octanol–water partition coefficient (Wildman–Crippen LogP) is 0.870. The van der Waals surface area contributed by atoms with E-state index in [1.165, 1.54) is 28.4 Å². The average Bonchev–Trinajstić information content (AvgIpc) is 2.74. The first-order chi connectivity index (χ1) is 8.10. The lowest BCUT2D eigenvalue weighted by molar-refractivity contribution is 0.0527. The van der Waals surface area contributed by atoms with Crippen LogP contribution in [-0.4, -0.2) is 40.4 Å². The van der Waals surface area contributed by atoms with E-state index in [1.807, 2.05) is 0 Å². The lowest BCUT2D eigenvalue weighted by Gasteiger charge is -2.02. The maximum absolute atomic E-state index is 11.4. The first-order valence-corrected chi connectivity index (χ1v) is 4.52. The second-order valence-corrected chi connectivity index (χ2v) is 2.81. The Bertz CT molecular complexity index is 394. The highest BCUT2D eigenvalue weighted by molar-refractivity contribution is 5.96. The molecule has 0 spiro atoms. The molecule has 7 heteroatoms. The lowest BCUT2D eigenvalue weighted by atomic mass is 10.3. The molecule has 0 N–H and O–H groups in total. The molecule has 0 fully saturated rings. The van der Waals surface area contributed by atoms with Crippen LogP contribution in [0, 0.1) is 0 Å². The third-order valence-corrected chi connectivity index (χ3v) is 1.97. The van der Waals surface area contributed by atoms with E-state index in [1.54, 1.807) is 0 Å². The summed E-state index contributed by atoms with van der Waals surface area (Å²) in [4.78, 5) is 22.8. The Balaban J connectivity index is 3.38. The topological polar surface area (TPSA) is 84.2 Å². The van der Waals surface area contributed by atoms with Crippen molar-refractivity contribution in [2.75, 3.05) is 28.4 Å². The standard InChI is InChI=1S/C10H12O7/c1-13-5-6(14-2)8(10(12)16-4)17-7(5)9(11)15-3/h1-4H3. The Morgan fingerprint density at radius 2 is 1.18 bits per heavy atom. The van der Waals surface area contributed by atoms with Gasteiger partial charge in [-0.3, -0.25) is 0 Å². The monoisotopic (exact) mass is 244 g/mol. The van der Waals surface area contributed by atoms with Crippen molar-refractivity contribution in [3.8, 4) is 11.5 Å². The predicted molar refractivity (Wildman–Crippen MR) is 54.5 cm³/mol. The number of methoxy groups -OCH3 is 4. The molecule has 1 aromatic rings. The number of furan rings is 1. The number of hydrogen-bond donors (Lipinski definition) is 0. The maximum Gasteiger partial charge on any atom is 0.378 e. The minimum absolute atomic E-state index is 0.0141. The fourth-order valence-electron chi connectivity index (χ4n) is 1.23. The highest BCUT2D eigenvalue weighted by atomic mass is 16.6. The Morgan fingerprint density at radius 1 is 0.824 bits per heavy atom. The summed E-state index contributed by atoms with van der Waals surface area (Å²) in [7, 11) is 4.96. The highest BCUT2D eigenvalue weighted by Gasteiger charge is 2.31. The van der Waals surface area contributed by atoms with Gasteiger partial charge < -0.3 is 23.4 Å². The van der Waals surface area contributed by atoms with Gasteiger partial charge in [0.1, 0.15) is 0 Å². The molecule has 1 rings (SSSR count). The minimum atomic E-state index is -0.782. The van der Waals surface area contributed by atoms with Crippen molar-refractivity contribution >= 4 is 11.9 Å². The van der Waals surface area contributed by atoms with E-state index in [4.69, 9.17) is 13.9 Å². The summed E-state index contributed by atoms with van der Waals surface area (Å²) in [5.41, 5.74) is 0. The zero-order chi connectivity index (χ0) is 13.0. The van der Waals surface area contributed by atoms with E-state index >= 15 is 0 Å². The zero-order valence-corrected chi connectivity index (χ0v) is 9.86. The summed E-state index contributed by atoms with van der Waals surface area (Å²) < 4.78 is 23.9. The van der Waals surface area contributed by atoms with E-state index in [2.05, 4.69) is 9.47 Å². The van der Waals surface area contributed by atoms with Crippen molar-refractivity contribution in [3.63, 3.8) is 0 Å². The molecule has 0 amide bonds. The van der Waals surface area contributed by atoms with Crippen LogP contribution in [0.5, 0.6) is 11.5 Å². The molecule has 94 valence electrons. The van der Waals surface area contributed by atoms with Gasteiger partial charge >= 0.3 is 11.9 Å². The van der Waals surface area contributed by atoms with Gasteiger partial charge in [-0.15, -0.1) is 0 Å². The van der Waals surface area contributed by atoms with Gasteiger partial charge in [0.05, 0.1) is 28.4 Å². The van der Waals surface area contributed by atoms with Crippen LogP contribution in [0.4, 0.5) is 0 Å². The molecule has 0 saturated carbocycles. The second kappa shape index (κ2) is 5.24. The molecule has 0 aromatic carbocycles. The smallest absolute Gasteiger partial charge is 0.378 e. The van der Waals surface area contributed by atoms with Gasteiger partial charge in [0.25, 0.3) is 11.5 Å². The third-order valence-electron chi connectivity index (χ3n) is 1.97. The molecule has 0 atom stereocenters. The van der Waals surface area contributed by atoms with Crippen molar-refractivity contribution in [2.24, 2.45) is 0 Å². The van der Waals surface area contributed by atoms with Crippen molar-refractivity contribution in [1.82, 2.24) is 0 Å². The molecule has 0 aliphatic rings. The van der Waals surface area contributed by atoms with Gasteiger partial charge in [-0.2, -0.15) is 0 Å². The molecule has 1 heterocycles. The summed E-state index contributed by atoms with van der Waals surface area (Å²) >= 11 is 0. The van der Waals surface area contributed by atoms with Crippen molar-refractivity contribution in [2.45, 2.75) is 0 Å². The Morgan fingerprint density at radius 3 is 1.41 bits per heavy atom. The Labute approximate surface area is 97.2 Å². The minimum Gasteiger partial charge on any atom is -0.489 e. The van der Waals surface area contributed by atoms with Gasteiger partial charge in [-0.05, 0) is 0 Å². The first kappa shape index (κ1) is 12.9. The van der Waals surface area contributed by atoms with Gasteiger partial charge in [-0.25, -0.2) is 9.59 Å². The maximum atomic E-state index is 11.4. The van der Waals surface area contributed by atoms with E-state index < -0.39 is 11.9 Å². The molecule has 0 saturated heterocycles. The number of esters is 2. The summed E-state index contributed by atoms with van der Waals surface area (Å²) in [5, 5.41) is 0. The normalized spacial score (nSPS) is 9.65. The largest absolute Gasteiger partial charge is 0.489 e. The quantitative estimate of drug-likeness (QED) is 0.726. The summed E-state index contributed by atoms with van der Waals surface area (Å²) in [5.74, 6) is -2.11. The SMILES string of the molecule is COC(=O)c1oc(C(=O)OC)c(OC)c1OC. The molecule has 0 bridgehead atoms. The van der Waals surface area contributed by atoms with Crippen LogP contribution in [0.2, 0.25) is 0 Å². The van der Waals surface area contributed by atoms with Crippen LogP contribution in [0.3, 0.4) is 0 Å². The molecule has 0 radical (unpaired) electrons.